The van der Waals surface area contributed by atoms with Gasteiger partial charge in [0.25, 0.3) is 0 Å². The summed E-state index contributed by atoms with van der Waals surface area (Å²) < 4.78 is 7.15. The number of thioether (sulfide) groups is 1. The van der Waals surface area contributed by atoms with Crippen LogP contribution < -0.4 is 5.32 Å². The number of nitrogens with zero attached hydrogens (tertiary/aromatic N) is 3. The van der Waals surface area contributed by atoms with E-state index in [0.717, 1.165) is 5.69 Å². The molecule has 1 aromatic carbocycles. The molecule has 0 saturated heterocycles. The van der Waals surface area contributed by atoms with E-state index < -0.39 is 0 Å². The summed E-state index contributed by atoms with van der Waals surface area (Å²) in [4.78, 5) is 12.1. The molecule has 1 N–H and O–H groups in total. The second kappa shape index (κ2) is 7.57. The number of aromatic nitrogens is 3. The summed E-state index contributed by atoms with van der Waals surface area (Å²) in [7, 11) is 1.85. The van der Waals surface area contributed by atoms with Crippen LogP contribution in [0, 0.1) is 0 Å². The highest BCUT2D eigenvalue weighted by atomic mass is 32.2. The van der Waals surface area contributed by atoms with Gasteiger partial charge in [0.2, 0.25) is 5.91 Å². The topological polar surface area (TPSA) is 73.0 Å². The summed E-state index contributed by atoms with van der Waals surface area (Å²) in [5.41, 5.74) is 2.04. The second-order valence-electron chi connectivity index (χ2n) is 5.96. The van der Waals surface area contributed by atoms with E-state index in [1.165, 1.54) is 17.3 Å². The minimum Gasteiger partial charge on any atom is -0.461 e. The Kier molecular flexibility index (Phi) is 5.23. The van der Waals surface area contributed by atoms with Crippen molar-refractivity contribution in [1.82, 2.24) is 14.8 Å². The largest absolute Gasteiger partial charge is 0.461 e. The van der Waals surface area contributed by atoms with Gasteiger partial charge < -0.3 is 14.3 Å². The molecule has 25 heavy (non-hydrogen) atoms. The second-order valence-corrected chi connectivity index (χ2v) is 6.90. The van der Waals surface area contributed by atoms with E-state index in [1.807, 2.05) is 41.9 Å². The third-order valence-corrected chi connectivity index (χ3v) is 4.79. The molecule has 0 radical (unpaired) electrons. The number of hydrogen-bond donors (Lipinski definition) is 1. The van der Waals surface area contributed by atoms with E-state index in [4.69, 9.17) is 4.42 Å². The van der Waals surface area contributed by atoms with E-state index in [-0.39, 0.29) is 11.7 Å². The lowest BCUT2D eigenvalue weighted by molar-refractivity contribution is -0.113. The average molecular weight is 356 g/mol. The molecular formula is C18H20N4O2S. The van der Waals surface area contributed by atoms with Crippen LogP contribution >= 0.6 is 11.8 Å². The predicted octanol–water partition coefficient (Wildman–Crippen LogP) is 3.93. The SMILES string of the molecule is CC(C)c1ccc(NC(=O)CSc2nnc(-c3ccco3)n2C)cc1. The van der Waals surface area contributed by atoms with Crippen molar-refractivity contribution in [3.63, 3.8) is 0 Å². The van der Waals surface area contributed by atoms with Crippen molar-refractivity contribution in [2.75, 3.05) is 11.1 Å². The van der Waals surface area contributed by atoms with Gasteiger partial charge in [0.05, 0.1) is 12.0 Å². The first kappa shape index (κ1) is 17.3. The van der Waals surface area contributed by atoms with E-state index in [1.54, 1.807) is 12.3 Å². The summed E-state index contributed by atoms with van der Waals surface area (Å²) in [5, 5.41) is 11.8. The minimum atomic E-state index is -0.0788. The molecule has 0 saturated carbocycles. The van der Waals surface area contributed by atoms with Gasteiger partial charge in [-0.1, -0.05) is 37.7 Å². The smallest absolute Gasteiger partial charge is 0.234 e. The Labute approximate surface area is 150 Å². The molecule has 3 aromatic rings. The number of furan rings is 1. The normalized spacial score (nSPS) is 11.0. The molecule has 130 valence electrons. The van der Waals surface area contributed by atoms with E-state index in [9.17, 15) is 4.79 Å². The third kappa shape index (κ3) is 4.11. The monoisotopic (exact) mass is 356 g/mol. The fourth-order valence-corrected chi connectivity index (χ4v) is 3.05. The van der Waals surface area contributed by atoms with Crippen LogP contribution in [0.3, 0.4) is 0 Å². The summed E-state index contributed by atoms with van der Waals surface area (Å²) in [6, 6.07) is 11.5. The molecule has 0 aliphatic heterocycles. The van der Waals surface area contributed by atoms with Crippen LogP contribution in [0.4, 0.5) is 5.69 Å². The van der Waals surface area contributed by atoms with Gasteiger partial charge >= 0.3 is 0 Å². The quantitative estimate of drug-likeness (QED) is 0.678. The van der Waals surface area contributed by atoms with Crippen LogP contribution in [-0.2, 0) is 11.8 Å². The molecule has 7 heteroatoms. The van der Waals surface area contributed by atoms with Gasteiger partial charge in [0.15, 0.2) is 16.7 Å². The van der Waals surface area contributed by atoms with Crippen molar-refractivity contribution in [2.45, 2.75) is 24.9 Å². The van der Waals surface area contributed by atoms with Gasteiger partial charge in [-0.3, -0.25) is 4.79 Å². The van der Waals surface area contributed by atoms with Gasteiger partial charge in [-0.05, 0) is 35.7 Å². The van der Waals surface area contributed by atoms with Crippen molar-refractivity contribution < 1.29 is 9.21 Å². The zero-order valence-corrected chi connectivity index (χ0v) is 15.2. The first-order chi connectivity index (χ1) is 12.0. The molecule has 0 aliphatic rings. The lowest BCUT2D eigenvalue weighted by Gasteiger charge is -2.08. The maximum Gasteiger partial charge on any atom is 0.234 e. The lowest BCUT2D eigenvalue weighted by atomic mass is 10.0. The fraction of sp³-hybridized carbons (Fsp3) is 0.278. The maximum atomic E-state index is 12.1. The molecule has 0 spiro atoms. The van der Waals surface area contributed by atoms with Gasteiger partial charge in [-0.25, -0.2) is 0 Å². The van der Waals surface area contributed by atoms with Crippen molar-refractivity contribution in [3.8, 4) is 11.6 Å². The van der Waals surface area contributed by atoms with Crippen LogP contribution in [0.2, 0.25) is 0 Å². The molecule has 0 unspecified atom stereocenters. The zero-order valence-electron chi connectivity index (χ0n) is 14.4. The van der Waals surface area contributed by atoms with Gasteiger partial charge in [-0.2, -0.15) is 0 Å². The highest BCUT2D eigenvalue weighted by Gasteiger charge is 2.14. The number of rotatable bonds is 6. The summed E-state index contributed by atoms with van der Waals surface area (Å²) in [6.45, 7) is 4.28. The maximum absolute atomic E-state index is 12.1. The molecule has 0 fully saturated rings. The molecule has 6 nitrogen and oxygen atoms in total. The molecule has 3 rings (SSSR count). The number of carbonyl (C=O) groups excluding carboxylic acids is 1. The Morgan fingerprint density at radius 3 is 2.64 bits per heavy atom. The van der Waals surface area contributed by atoms with Crippen LogP contribution in [0.25, 0.3) is 11.6 Å². The van der Waals surface area contributed by atoms with E-state index in [0.29, 0.717) is 22.7 Å². The molecule has 0 bridgehead atoms. The molecule has 0 atom stereocenters. The van der Waals surface area contributed by atoms with Gasteiger partial charge in [0.1, 0.15) is 0 Å². The van der Waals surface area contributed by atoms with E-state index >= 15 is 0 Å². The number of amides is 1. The molecular weight excluding hydrogens is 336 g/mol. The molecule has 2 aromatic heterocycles. The highest BCUT2D eigenvalue weighted by molar-refractivity contribution is 7.99. The number of hydrogen-bond acceptors (Lipinski definition) is 5. The minimum absolute atomic E-state index is 0.0788. The van der Waals surface area contributed by atoms with Crippen molar-refractivity contribution in [1.29, 1.82) is 0 Å². The van der Waals surface area contributed by atoms with Crippen LogP contribution in [0.1, 0.15) is 25.3 Å². The zero-order chi connectivity index (χ0) is 17.8. The Hall–Kier alpha value is -2.54. The Morgan fingerprint density at radius 2 is 2.00 bits per heavy atom. The highest BCUT2D eigenvalue weighted by Crippen LogP contribution is 2.23. The number of anilines is 1. The van der Waals surface area contributed by atoms with Gasteiger partial charge in [0, 0.05) is 12.7 Å². The average Bonchev–Trinajstić information content (AvgIpc) is 3.23. The van der Waals surface area contributed by atoms with Gasteiger partial charge in [-0.15, -0.1) is 10.2 Å². The number of nitrogens with one attached hydrogen (secondary N) is 1. The summed E-state index contributed by atoms with van der Waals surface area (Å²) in [5.74, 6) is 1.94. The Bertz CT molecular complexity index is 839. The lowest BCUT2D eigenvalue weighted by Crippen LogP contribution is -2.14. The van der Waals surface area contributed by atoms with Crippen LogP contribution in [0.15, 0.2) is 52.2 Å². The molecule has 1 amide bonds. The van der Waals surface area contributed by atoms with Crippen LogP contribution in [0.5, 0.6) is 0 Å². The Morgan fingerprint density at radius 1 is 1.24 bits per heavy atom. The first-order valence-electron chi connectivity index (χ1n) is 8.00. The fourth-order valence-electron chi connectivity index (χ4n) is 2.34. The summed E-state index contributed by atoms with van der Waals surface area (Å²) >= 11 is 1.34. The van der Waals surface area contributed by atoms with Crippen LogP contribution in [-0.4, -0.2) is 26.4 Å². The number of carbonyl (C=O) groups is 1. The summed E-state index contributed by atoms with van der Waals surface area (Å²) in [6.07, 6.45) is 1.59. The van der Waals surface area contributed by atoms with Crippen molar-refractivity contribution in [2.24, 2.45) is 7.05 Å². The Balaban J connectivity index is 1.57. The first-order valence-corrected chi connectivity index (χ1v) is 8.99. The standard InChI is InChI=1S/C18H20N4O2S/c1-12(2)13-6-8-14(9-7-13)19-16(23)11-25-18-21-20-17(22(18)3)15-5-4-10-24-15/h4-10,12H,11H2,1-3H3,(H,19,23). The predicted molar refractivity (Wildman–Crippen MR) is 98.6 cm³/mol. The van der Waals surface area contributed by atoms with Crippen molar-refractivity contribution in [3.05, 3.63) is 48.2 Å². The van der Waals surface area contributed by atoms with Crippen molar-refractivity contribution >= 4 is 23.4 Å². The number of benzene rings is 1. The van der Waals surface area contributed by atoms with E-state index in [2.05, 4.69) is 29.4 Å². The molecule has 0 aliphatic carbocycles. The molecule has 2 heterocycles. The third-order valence-electron chi connectivity index (χ3n) is 3.77.